The van der Waals surface area contributed by atoms with E-state index in [-0.39, 0.29) is 38.3 Å². The summed E-state index contributed by atoms with van der Waals surface area (Å²) in [5.74, 6) is 2.83. The summed E-state index contributed by atoms with van der Waals surface area (Å²) < 4.78 is 0.333. The molecule has 0 aromatic heterocycles. The first-order valence-electron chi connectivity index (χ1n) is 20.8. The molecule has 0 saturated carbocycles. The summed E-state index contributed by atoms with van der Waals surface area (Å²) in [6.45, 7) is 4.62. The van der Waals surface area contributed by atoms with Crippen LogP contribution in [0.4, 0.5) is 0 Å². The fourth-order valence-electron chi connectivity index (χ4n) is 5.61. The normalized spacial score (nSPS) is 9.67. The van der Waals surface area contributed by atoms with Crippen LogP contribution in [0.3, 0.4) is 0 Å². The molecule has 0 amide bonds. The average molecular weight is 1000 g/mol. The maximum atomic E-state index is 4.66. The van der Waals surface area contributed by atoms with Crippen molar-refractivity contribution in [3.05, 3.63) is 0 Å². The number of hydrogen-bond donors (Lipinski definition) is 4. The van der Waals surface area contributed by atoms with E-state index in [1.54, 1.807) is 0 Å². The standard InChI is InChI=1S/C36H74S.4CH3NS2.Mo/c1-3-5-7-9-11-13-15-17-19-21-23-25-27-29-31-33-35-37-36-34-32-30-28-26-24-22-20-18-16-14-12-10-8-6-4-2;4*2-1(3)4;/h3-36H2,1-2H3;4*(H3,2,3,4);/q;;;;;+4/p-4. The van der Waals surface area contributed by atoms with E-state index in [9.17, 15) is 0 Å². The van der Waals surface area contributed by atoms with Crippen LogP contribution in [-0.2, 0) is 71.6 Å². The van der Waals surface area contributed by atoms with E-state index in [0.29, 0.717) is 0 Å². The van der Waals surface area contributed by atoms with Crippen molar-refractivity contribution in [2.24, 2.45) is 22.9 Å². The Balaban J connectivity index is -0.000000283. The summed E-state index contributed by atoms with van der Waals surface area (Å²) >= 11 is 35.3. The van der Waals surface area contributed by atoms with Crippen LogP contribution >= 0.6 is 60.6 Å². The van der Waals surface area contributed by atoms with E-state index in [0.717, 1.165) is 0 Å². The third kappa shape index (κ3) is 117. The summed E-state index contributed by atoms with van der Waals surface area (Å²) in [6, 6.07) is 0. The topological polar surface area (TPSA) is 104 Å². The summed E-state index contributed by atoms with van der Waals surface area (Å²) in [5.41, 5.74) is 18.6. The van der Waals surface area contributed by atoms with Crippen LogP contribution in [0, 0.1) is 0 Å². The third-order valence-corrected chi connectivity index (χ3v) is 9.44. The molecule has 14 heteroatoms. The van der Waals surface area contributed by atoms with Crippen molar-refractivity contribution in [3.8, 4) is 0 Å². The molecular weight excluding hydrogens is 921 g/mol. The second-order valence-electron chi connectivity index (χ2n) is 13.5. The Morgan fingerprint density at radius 2 is 0.426 bits per heavy atom. The molecule has 0 aliphatic rings. The van der Waals surface area contributed by atoms with Crippen molar-refractivity contribution in [1.29, 1.82) is 0 Å². The van der Waals surface area contributed by atoms with Crippen LogP contribution in [0.5, 0.6) is 0 Å². The molecule has 0 spiro atoms. The van der Waals surface area contributed by atoms with Crippen LogP contribution in [0.1, 0.15) is 219 Å². The molecule has 0 bridgehead atoms. The summed E-state index contributed by atoms with van der Waals surface area (Å²) in [4.78, 5) is 0. The molecule has 0 aromatic carbocycles. The molecule has 322 valence electrons. The van der Waals surface area contributed by atoms with Crippen molar-refractivity contribution in [3.63, 3.8) is 0 Å². The van der Waals surface area contributed by atoms with Gasteiger partial charge in [0, 0.05) is 0 Å². The van der Waals surface area contributed by atoms with Gasteiger partial charge in [0.15, 0.2) is 0 Å². The Hall–Kier alpha value is 1.48. The number of unbranched alkanes of at least 4 members (excludes halogenated alkanes) is 30. The van der Waals surface area contributed by atoms with Crippen LogP contribution in [-0.4, -0.2) is 28.8 Å². The zero-order valence-electron chi connectivity index (χ0n) is 34.4. The van der Waals surface area contributed by atoms with Crippen molar-refractivity contribution < 1.29 is 21.1 Å². The predicted octanol–water partition coefficient (Wildman–Crippen LogP) is 13.3. The van der Waals surface area contributed by atoms with E-state index in [2.05, 4.69) is 148 Å². The molecular formula is C40H82MoN4S9. The molecule has 0 rings (SSSR count). The molecule has 0 fully saturated rings. The number of nitrogens with two attached hydrogens (primary N) is 4. The molecule has 0 aliphatic carbocycles. The van der Waals surface area contributed by atoms with Crippen molar-refractivity contribution >= 4 is 128 Å². The maximum absolute atomic E-state index is 4.66. The predicted molar refractivity (Wildman–Crippen MR) is 273 cm³/mol. The molecule has 0 heterocycles. The van der Waals surface area contributed by atoms with Gasteiger partial charge in [-0.15, -0.1) is 0 Å². The summed E-state index contributed by atoms with van der Waals surface area (Å²) in [6.07, 6.45) is 47.2. The number of thiocarbonyl (C=S) groups is 4. The molecule has 0 saturated heterocycles. The Morgan fingerprint density at radius 3 is 0.556 bits per heavy atom. The molecule has 0 atom stereocenters. The second kappa shape index (κ2) is 66.3. The van der Waals surface area contributed by atoms with Crippen molar-refractivity contribution in [2.75, 3.05) is 11.5 Å². The van der Waals surface area contributed by atoms with Crippen molar-refractivity contribution in [1.82, 2.24) is 0 Å². The minimum atomic E-state index is 0. The zero-order valence-corrected chi connectivity index (χ0v) is 43.8. The largest absolute Gasteiger partial charge is 4.00 e. The summed E-state index contributed by atoms with van der Waals surface area (Å²) in [5, 5.41) is 0. The molecule has 4 nitrogen and oxygen atoms in total. The van der Waals surface area contributed by atoms with E-state index in [1.165, 1.54) is 217 Å². The van der Waals surface area contributed by atoms with E-state index < -0.39 is 0 Å². The average Bonchev–Trinajstić information content (AvgIpc) is 3.06. The Labute approximate surface area is 399 Å². The Morgan fingerprint density at radius 1 is 0.315 bits per heavy atom. The molecule has 0 unspecified atom stereocenters. The fraction of sp³-hybridized carbons (Fsp3) is 0.900. The van der Waals surface area contributed by atoms with Gasteiger partial charge < -0.3 is 122 Å². The quantitative estimate of drug-likeness (QED) is 0.0213. The van der Waals surface area contributed by atoms with Gasteiger partial charge in [-0.25, -0.2) is 0 Å². The maximum Gasteiger partial charge on any atom is 4.00 e. The smallest absolute Gasteiger partial charge is 0.415 e. The first-order chi connectivity index (χ1) is 25.3. The van der Waals surface area contributed by atoms with Gasteiger partial charge >= 0.3 is 21.1 Å². The minimum absolute atomic E-state index is 0. The van der Waals surface area contributed by atoms with Gasteiger partial charge in [-0.3, -0.25) is 0 Å². The van der Waals surface area contributed by atoms with Crippen LogP contribution in [0.2, 0.25) is 0 Å². The fourth-order valence-corrected chi connectivity index (χ4v) is 6.63. The number of hydrogen-bond acceptors (Lipinski definition) is 9. The van der Waals surface area contributed by atoms with Gasteiger partial charge in [0.1, 0.15) is 0 Å². The zero-order chi connectivity index (χ0) is 41.1. The molecule has 8 N–H and O–H groups in total. The van der Waals surface area contributed by atoms with Crippen LogP contribution in [0.15, 0.2) is 0 Å². The third-order valence-electron chi connectivity index (χ3n) is 8.28. The van der Waals surface area contributed by atoms with E-state index in [1.807, 2.05) is 0 Å². The van der Waals surface area contributed by atoms with Gasteiger partial charge in [0.05, 0.1) is 0 Å². The van der Waals surface area contributed by atoms with Crippen LogP contribution in [0.25, 0.3) is 0 Å². The molecule has 0 aromatic rings. The monoisotopic (exact) mass is 1000 g/mol. The number of rotatable bonds is 34. The van der Waals surface area contributed by atoms with Crippen molar-refractivity contribution in [2.45, 2.75) is 219 Å². The molecule has 0 radical (unpaired) electrons. The Bertz CT molecular complexity index is 642. The van der Waals surface area contributed by atoms with Gasteiger partial charge in [-0.1, -0.05) is 224 Å². The second-order valence-corrected chi connectivity index (χ2v) is 19.3. The SMILES string of the molecule is CCCCCCCCCCCCCCCCCCSCCCCCCCCCCCCCCCCCC.NC(=S)[S-].NC(=S)[S-].NC(=S)[S-].NC(=S)[S-].[Mo+4]. The van der Waals surface area contributed by atoms with Crippen LogP contribution < -0.4 is 22.9 Å². The molecule has 54 heavy (non-hydrogen) atoms. The minimum Gasteiger partial charge on any atom is -0.415 e. The molecule has 0 aliphatic heterocycles. The van der Waals surface area contributed by atoms with E-state index >= 15 is 0 Å². The Kier molecular flexibility index (Phi) is 82.6. The van der Waals surface area contributed by atoms with Gasteiger partial charge in [0.2, 0.25) is 0 Å². The van der Waals surface area contributed by atoms with E-state index in [4.69, 9.17) is 0 Å². The first kappa shape index (κ1) is 67.3. The first-order valence-corrected chi connectivity index (χ1v) is 25.2. The van der Waals surface area contributed by atoms with Gasteiger partial charge in [-0.05, 0) is 24.3 Å². The summed E-state index contributed by atoms with van der Waals surface area (Å²) in [7, 11) is 0. The van der Waals surface area contributed by atoms with Gasteiger partial charge in [0.25, 0.3) is 0 Å². The number of thioether (sulfide) groups is 1. The van der Waals surface area contributed by atoms with Gasteiger partial charge in [-0.2, -0.15) is 11.8 Å².